The Morgan fingerprint density at radius 2 is 1.95 bits per heavy atom. The Kier molecular flexibility index (Phi) is 5.19. The molecule has 5 heteroatoms. The van der Waals surface area contributed by atoms with Gasteiger partial charge in [0, 0.05) is 19.0 Å². The predicted molar refractivity (Wildman–Crippen MR) is 73.4 cm³/mol. The Morgan fingerprint density at radius 1 is 1.16 bits per heavy atom. The molecule has 1 saturated heterocycles. The van der Waals surface area contributed by atoms with Crippen LogP contribution in [0.4, 0.5) is 0 Å². The molecule has 2 fully saturated rings. The highest BCUT2D eigenvalue weighted by Crippen LogP contribution is 2.23. The SMILES string of the molecule is NCCCCCC(=O)N1CCCC1C(=O)NC1CC1. The first kappa shape index (κ1) is 14.3. The molecule has 2 amide bonds. The molecule has 1 aliphatic heterocycles. The molecule has 0 spiro atoms. The van der Waals surface area contributed by atoms with E-state index >= 15 is 0 Å². The van der Waals surface area contributed by atoms with E-state index in [-0.39, 0.29) is 17.9 Å². The number of hydrogen-bond acceptors (Lipinski definition) is 3. The van der Waals surface area contributed by atoms with Crippen molar-refractivity contribution in [2.24, 2.45) is 5.73 Å². The number of carbonyl (C=O) groups is 2. The van der Waals surface area contributed by atoms with Gasteiger partial charge in [-0.1, -0.05) is 6.42 Å². The highest BCUT2D eigenvalue weighted by atomic mass is 16.2. The third-order valence-corrected chi connectivity index (χ3v) is 3.89. The van der Waals surface area contributed by atoms with E-state index in [4.69, 9.17) is 5.73 Å². The zero-order valence-corrected chi connectivity index (χ0v) is 11.6. The van der Waals surface area contributed by atoms with E-state index in [2.05, 4.69) is 5.32 Å². The van der Waals surface area contributed by atoms with Gasteiger partial charge < -0.3 is 16.0 Å². The van der Waals surface area contributed by atoms with Crippen molar-refractivity contribution in [1.29, 1.82) is 0 Å². The van der Waals surface area contributed by atoms with Gasteiger partial charge in [-0.3, -0.25) is 9.59 Å². The quantitative estimate of drug-likeness (QED) is 0.669. The largest absolute Gasteiger partial charge is 0.352 e. The minimum atomic E-state index is -0.220. The Bertz CT molecular complexity index is 329. The molecule has 0 radical (unpaired) electrons. The first-order valence-corrected chi connectivity index (χ1v) is 7.52. The van der Waals surface area contributed by atoms with Crippen LogP contribution in [0.2, 0.25) is 0 Å². The molecule has 1 aliphatic carbocycles. The van der Waals surface area contributed by atoms with Gasteiger partial charge in [0.25, 0.3) is 0 Å². The lowest BCUT2D eigenvalue weighted by Gasteiger charge is -2.24. The number of hydrogen-bond donors (Lipinski definition) is 2. The summed E-state index contributed by atoms with van der Waals surface area (Å²) in [4.78, 5) is 26.0. The van der Waals surface area contributed by atoms with Crippen molar-refractivity contribution in [2.75, 3.05) is 13.1 Å². The number of nitrogens with two attached hydrogens (primary N) is 1. The van der Waals surface area contributed by atoms with E-state index in [0.29, 0.717) is 19.0 Å². The summed E-state index contributed by atoms with van der Waals surface area (Å²) in [5.74, 6) is 0.181. The van der Waals surface area contributed by atoms with Crippen LogP contribution < -0.4 is 11.1 Å². The molecule has 2 rings (SSSR count). The predicted octanol–water partition coefficient (Wildman–Crippen LogP) is 0.775. The number of unbranched alkanes of at least 4 members (excludes halogenated alkanes) is 2. The van der Waals surface area contributed by atoms with E-state index in [1.807, 2.05) is 0 Å². The van der Waals surface area contributed by atoms with E-state index in [0.717, 1.165) is 51.5 Å². The lowest BCUT2D eigenvalue weighted by molar-refractivity contribution is -0.138. The van der Waals surface area contributed by atoms with Crippen molar-refractivity contribution in [1.82, 2.24) is 10.2 Å². The van der Waals surface area contributed by atoms with Crippen molar-refractivity contribution in [2.45, 2.75) is 63.5 Å². The molecule has 0 bridgehead atoms. The van der Waals surface area contributed by atoms with Gasteiger partial charge in [0.2, 0.25) is 11.8 Å². The number of amides is 2. The van der Waals surface area contributed by atoms with Gasteiger partial charge in [0.05, 0.1) is 0 Å². The summed E-state index contributed by atoms with van der Waals surface area (Å²) in [7, 11) is 0. The first-order valence-electron chi connectivity index (χ1n) is 7.52. The van der Waals surface area contributed by atoms with Crippen LogP contribution in [0.5, 0.6) is 0 Å². The highest BCUT2D eigenvalue weighted by Gasteiger charge is 2.35. The molecule has 5 nitrogen and oxygen atoms in total. The standard InChI is InChI=1S/C14H25N3O2/c15-9-3-1-2-6-13(18)17-10-4-5-12(17)14(19)16-11-7-8-11/h11-12H,1-10,15H2,(H,16,19). The topological polar surface area (TPSA) is 75.4 Å². The van der Waals surface area contributed by atoms with Gasteiger partial charge in [-0.05, 0) is 45.1 Å². The molecule has 0 aromatic rings. The summed E-state index contributed by atoms with van der Waals surface area (Å²) < 4.78 is 0. The molecule has 19 heavy (non-hydrogen) atoms. The molecule has 0 aromatic carbocycles. The van der Waals surface area contributed by atoms with Crippen molar-refractivity contribution in [3.05, 3.63) is 0 Å². The lowest BCUT2D eigenvalue weighted by Crippen LogP contribution is -2.46. The summed E-state index contributed by atoms with van der Waals surface area (Å²) in [6, 6.07) is 0.150. The highest BCUT2D eigenvalue weighted by molar-refractivity contribution is 5.88. The molecule has 3 N–H and O–H groups in total. The minimum absolute atomic E-state index is 0.0512. The summed E-state index contributed by atoms with van der Waals surface area (Å²) >= 11 is 0. The minimum Gasteiger partial charge on any atom is -0.352 e. The van der Waals surface area contributed by atoms with Crippen LogP contribution in [-0.4, -0.2) is 41.9 Å². The van der Waals surface area contributed by atoms with Gasteiger partial charge >= 0.3 is 0 Å². The third-order valence-electron chi connectivity index (χ3n) is 3.89. The number of likely N-dealkylation sites (tertiary alicyclic amines) is 1. The molecule has 0 aromatic heterocycles. The van der Waals surface area contributed by atoms with E-state index in [1.54, 1.807) is 4.90 Å². The number of rotatable bonds is 7. The fourth-order valence-electron chi connectivity index (χ4n) is 2.60. The maximum absolute atomic E-state index is 12.1. The van der Waals surface area contributed by atoms with Crippen LogP contribution in [0.3, 0.4) is 0 Å². The van der Waals surface area contributed by atoms with E-state index in [1.165, 1.54) is 0 Å². The lowest BCUT2D eigenvalue weighted by atomic mass is 10.1. The van der Waals surface area contributed by atoms with Crippen LogP contribution in [0.25, 0.3) is 0 Å². The number of carbonyl (C=O) groups excluding carboxylic acids is 2. The first-order chi connectivity index (χ1) is 9.22. The van der Waals surface area contributed by atoms with Gasteiger partial charge in [-0.25, -0.2) is 0 Å². The Labute approximate surface area is 114 Å². The molecular formula is C14H25N3O2. The molecule has 1 atom stereocenters. The second-order valence-corrected chi connectivity index (χ2v) is 5.63. The van der Waals surface area contributed by atoms with Gasteiger partial charge in [-0.2, -0.15) is 0 Å². The maximum atomic E-state index is 12.1. The number of nitrogens with one attached hydrogen (secondary N) is 1. The Hall–Kier alpha value is -1.10. The van der Waals surface area contributed by atoms with Crippen LogP contribution in [0.1, 0.15) is 51.4 Å². The summed E-state index contributed by atoms with van der Waals surface area (Å²) in [6.45, 7) is 1.42. The van der Waals surface area contributed by atoms with E-state index < -0.39 is 0 Å². The monoisotopic (exact) mass is 267 g/mol. The van der Waals surface area contributed by atoms with Crippen molar-refractivity contribution in [3.63, 3.8) is 0 Å². The van der Waals surface area contributed by atoms with Crippen LogP contribution in [-0.2, 0) is 9.59 Å². The number of nitrogens with zero attached hydrogens (tertiary/aromatic N) is 1. The van der Waals surface area contributed by atoms with Crippen LogP contribution in [0.15, 0.2) is 0 Å². The normalized spacial score (nSPS) is 22.6. The fourth-order valence-corrected chi connectivity index (χ4v) is 2.60. The Morgan fingerprint density at radius 3 is 2.63 bits per heavy atom. The second-order valence-electron chi connectivity index (χ2n) is 5.63. The molecule has 108 valence electrons. The van der Waals surface area contributed by atoms with Gasteiger partial charge in [0.15, 0.2) is 0 Å². The fraction of sp³-hybridized carbons (Fsp3) is 0.857. The molecule has 1 saturated carbocycles. The van der Waals surface area contributed by atoms with E-state index in [9.17, 15) is 9.59 Å². The maximum Gasteiger partial charge on any atom is 0.243 e. The third kappa shape index (κ3) is 4.20. The zero-order chi connectivity index (χ0) is 13.7. The average molecular weight is 267 g/mol. The van der Waals surface area contributed by atoms with Gasteiger partial charge in [-0.15, -0.1) is 0 Å². The van der Waals surface area contributed by atoms with Crippen LogP contribution in [0, 0.1) is 0 Å². The van der Waals surface area contributed by atoms with Crippen LogP contribution >= 0.6 is 0 Å². The zero-order valence-electron chi connectivity index (χ0n) is 11.6. The summed E-state index contributed by atoms with van der Waals surface area (Å²) in [6.07, 6.45) is 7.33. The van der Waals surface area contributed by atoms with Crippen molar-refractivity contribution in [3.8, 4) is 0 Å². The average Bonchev–Trinajstić information content (AvgIpc) is 3.07. The van der Waals surface area contributed by atoms with Crippen molar-refractivity contribution < 1.29 is 9.59 Å². The summed E-state index contributed by atoms with van der Waals surface area (Å²) in [5, 5.41) is 3.01. The molecule has 1 heterocycles. The van der Waals surface area contributed by atoms with Gasteiger partial charge in [0.1, 0.15) is 6.04 Å². The second kappa shape index (κ2) is 6.89. The molecular weight excluding hydrogens is 242 g/mol. The smallest absolute Gasteiger partial charge is 0.243 e. The summed E-state index contributed by atoms with van der Waals surface area (Å²) in [5.41, 5.74) is 5.43. The molecule has 2 aliphatic rings. The molecule has 1 unspecified atom stereocenters. The Balaban J connectivity index is 1.76. The van der Waals surface area contributed by atoms with Crippen molar-refractivity contribution >= 4 is 11.8 Å².